The van der Waals surface area contributed by atoms with Crippen LogP contribution in [-0.4, -0.2) is 210 Å². The van der Waals surface area contributed by atoms with E-state index in [0.717, 1.165) is 0 Å². The van der Waals surface area contributed by atoms with Crippen molar-refractivity contribution in [1.82, 2.24) is 10.4 Å². The molecule has 3 amide bonds. The number of ether oxygens (including phenoxy) is 5. The molecule has 0 aromatic carbocycles. The van der Waals surface area contributed by atoms with Gasteiger partial charge >= 0.3 is 5.97 Å². The van der Waals surface area contributed by atoms with Gasteiger partial charge in [-0.05, 0) is 12.8 Å². The summed E-state index contributed by atoms with van der Waals surface area (Å²) in [7, 11) is 0. The van der Waals surface area contributed by atoms with E-state index in [9.17, 15) is 54.9 Å². The van der Waals surface area contributed by atoms with E-state index in [1.54, 1.807) is 0 Å². The third kappa shape index (κ3) is 13.2. The number of hydrogen-bond donors (Lipinski definition) is 12. The number of unbranched alkanes of at least 4 members (excludes halogenated alkanes) is 3. The minimum atomic E-state index is -1.80. The van der Waals surface area contributed by atoms with E-state index in [2.05, 4.69) is 5.32 Å². The largest absolute Gasteiger partial charge is 0.394 e. The molecule has 4 fully saturated rings. The van der Waals surface area contributed by atoms with Crippen molar-refractivity contribution in [3.05, 3.63) is 0 Å². The lowest BCUT2D eigenvalue weighted by atomic mass is 9.97. The minimum absolute atomic E-state index is 0.0227. The normalized spacial score (nSPS) is 36.6. The SMILES string of the molecule is O=C(CCCCCCC(=O)ON1C(=O)CCC1=O)NCCO[C@H]1OC(CO)[C@@H](O)C(O[C@H]2OC(CO)[C@@H](O)C(O)C2O)C1O.OCC1OCC(O)C(O)[C@@H]1O. The predicted octanol–water partition coefficient (Wildman–Crippen LogP) is -6.85. The zero-order valence-electron chi connectivity index (χ0n) is 29.9. The summed E-state index contributed by atoms with van der Waals surface area (Å²) in [5.41, 5.74) is 0. The first-order chi connectivity index (χ1) is 26.1. The van der Waals surface area contributed by atoms with Crippen molar-refractivity contribution >= 4 is 23.7 Å². The lowest BCUT2D eigenvalue weighted by Crippen LogP contribution is -2.64. The Morgan fingerprint density at radius 1 is 0.673 bits per heavy atom. The molecule has 55 heavy (non-hydrogen) atoms. The second-order valence-corrected chi connectivity index (χ2v) is 13.3. The summed E-state index contributed by atoms with van der Waals surface area (Å²) in [6, 6.07) is 0. The highest BCUT2D eigenvalue weighted by Crippen LogP contribution is 2.29. The number of imide groups is 1. The van der Waals surface area contributed by atoms with Crippen LogP contribution in [-0.2, 0) is 47.7 Å². The Kier molecular flexibility index (Phi) is 19.6. The van der Waals surface area contributed by atoms with Crippen LogP contribution in [0.4, 0.5) is 0 Å². The molecule has 0 aromatic heterocycles. The van der Waals surface area contributed by atoms with Gasteiger partial charge in [-0.15, -0.1) is 5.06 Å². The number of aliphatic hydroxyl groups excluding tert-OH is 11. The van der Waals surface area contributed by atoms with Gasteiger partial charge in [0.15, 0.2) is 12.6 Å². The fourth-order valence-electron chi connectivity index (χ4n) is 5.88. The standard InChI is InChI=1S/C26H42N2O16.C6H12O5/c29-11-13-19(35)21(37)22(38)26(42-13)43-24-20(36)14(12-30)41-25(23(24)39)40-10-9-27-15(31)5-3-1-2-4-6-18(34)44-28-16(32)7-8-17(28)33;7-1-4-6(10)5(9)3(8)2-11-4/h13-14,19-26,29-30,35-39H,1-12H2,(H,27,31);3-10H,1-2H2/t13?,14?,19-,20-,21?,22?,23?,24?,25+,26-;3?,4?,5?,6-/m11/s1. The third-order valence-corrected chi connectivity index (χ3v) is 9.19. The second-order valence-electron chi connectivity index (χ2n) is 13.3. The van der Waals surface area contributed by atoms with Crippen LogP contribution >= 0.6 is 0 Å². The zero-order chi connectivity index (χ0) is 40.8. The smallest absolute Gasteiger partial charge is 0.333 e. The Morgan fingerprint density at radius 2 is 1.24 bits per heavy atom. The Bertz CT molecular complexity index is 1200. The highest BCUT2D eigenvalue weighted by Gasteiger charge is 2.51. The zero-order valence-corrected chi connectivity index (χ0v) is 29.9. The molecule has 4 heterocycles. The second kappa shape index (κ2) is 23.0. The van der Waals surface area contributed by atoms with Crippen molar-refractivity contribution in [2.24, 2.45) is 0 Å². The molecule has 4 saturated heterocycles. The van der Waals surface area contributed by atoms with Crippen LogP contribution in [0.2, 0.25) is 0 Å². The van der Waals surface area contributed by atoms with Gasteiger partial charge < -0.3 is 90.0 Å². The summed E-state index contributed by atoms with van der Waals surface area (Å²) in [5, 5.41) is 109. The lowest BCUT2D eigenvalue weighted by Gasteiger charge is -2.45. The molecule has 4 rings (SSSR count). The van der Waals surface area contributed by atoms with Gasteiger partial charge in [0.05, 0.1) is 33.0 Å². The molecule has 0 aliphatic carbocycles. The van der Waals surface area contributed by atoms with Crippen LogP contribution in [0.5, 0.6) is 0 Å². The van der Waals surface area contributed by atoms with Crippen LogP contribution in [0.1, 0.15) is 51.4 Å². The van der Waals surface area contributed by atoms with Crippen LogP contribution in [0.15, 0.2) is 0 Å². The molecule has 0 bridgehead atoms. The summed E-state index contributed by atoms with van der Waals surface area (Å²) >= 11 is 0. The first kappa shape index (κ1) is 46.8. The summed E-state index contributed by atoms with van der Waals surface area (Å²) in [4.78, 5) is 51.6. The third-order valence-electron chi connectivity index (χ3n) is 9.19. The predicted molar refractivity (Wildman–Crippen MR) is 175 cm³/mol. The van der Waals surface area contributed by atoms with E-state index in [1.165, 1.54) is 0 Å². The number of nitrogens with one attached hydrogen (secondary N) is 1. The molecule has 23 heteroatoms. The average Bonchev–Trinajstić information content (AvgIpc) is 3.48. The molecule has 23 nitrogen and oxygen atoms in total. The van der Waals surface area contributed by atoms with Crippen molar-refractivity contribution in [3.63, 3.8) is 0 Å². The number of amides is 3. The van der Waals surface area contributed by atoms with E-state index in [0.29, 0.717) is 30.7 Å². The van der Waals surface area contributed by atoms with Crippen molar-refractivity contribution in [3.8, 4) is 0 Å². The quantitative estimate of drug-likeness (QED) is 0.0480. The van der Waals surface area contributed by atoms with Gasteiger partial charge in [0.1, 0.15) is 73.2 Å². The van der Waals surface area contributed by atoms with Gasteiger partial charge in [0.25, 0.3) is 11.8 Å². The minimum Gasteiger partial charge on any atom is -0.394 e. The van der Waals surface area contributed by atoms with Gasteiger partial charge in [0, 0.05) is 32.2 Å². The van der Waals surface area contributed by atoms with Crippen molar-refractivity contribution < 1.29 is 104 Å². The number of hydroxylamine groups is 2. The lowest BCUT2D eigenvalue weighted by molar-refractivity contribution is -0.360. The summed E-state index contributed by atoms with van der Waals surface area (Å²) in [5.74, 6) is -2.04. The van der Waals surface area contributed by atoms with Crippen LogP contribution in [0.25, 0.3) is 0 Å². The molecule has 4 aliphatic rings. The van der Waals surface area contributed by atoms with E-state index >= 15 is 0 Å². The molecule has 318 valence electrons. The number of aliphatic hydroxyl groups is 11. The van der Waals surface area contributed by atoms with E-state index < -0.39 is 117 Å². The van der Waals surface area contributed by atoms with Gasteiger partial charge in [-0.1, -0.05) is 12.8 Å². The van der Waals surface area contributed by atoms with Gasteiger partial charge in [-0.25, -0.2) is 4.79 Å². The fraction of sp³-hybridized carbons (Fsp3) is 0.875. The Morgan fingerprint density at radius 3 is 1.85 bits per heavy atom. The van der Waals surface area contributed by atoms with Gasteiger partial charge in [0.2, 0.25) is 5.91 Å². The Balaban J connectivity index is 0.000000632. The Labute approximate surface area is 314 Å². The van der Waals surface area contributed by atoms with Crippen molar-refractivity contribution in [1.29, 1.82) is 0 Å². The highest BCUT2D eigenvalue weighted by atomic mass is 16.7. The maximum Gasteiger partial charge on any atom is 0.333 e. The topological polar surface area (TPSA) is 361 Å². The van der Waals surface area contributed by atoms with Gasteiger partial charge in [-0.2, -0.15) is 0 Å². The van der Waals surface area contributed by atoms with Crippen molar-refractivity contribution in [2.45, 2.75) is 137 Å². The maximum absolute atomic E-state index is 12.1. The number of carbonyl (C=O) groups is 4. The Hall–Kier alpha value is -2.56. The summed E-state index contributed by atoms with van der Waals surface area (Å²) in [6.45, 7) is -1.94. The molecule has 0 aromatic rings. The average molecular weight is 803 g/mol. The maximum atomic E-state index is 12.1. The summed E-state index contributed by atoms with van der Waals surface area (Å²) < 4.78 is 26.5. The highest BCUT2D eigenvalue weighted by molar-refractivity contribution is 6.01. The number of carbonyl (C=O) groups excluding carboxylic acids is 4. The molecule has 0 spiro atoms. The van der Waals surface area contributed by atoms with Crippen molar-refractivity contribution in [2.75, 3.05) is 39.6 Å². The van der Waals surface area contributed by atoms with E-state index in [-0.39, 0.29) is 58.0 Å². The molecule has 12 N–H and O–H groups in total. The molecule has 0 saturated carbocycles. The monoisotopic (exact) mass is 802 g/mol. The van der Waals surface area contributed by atoms with Crippen LogP contribution < -0.4 is 5.32 Å². The molecular formula is C32H54N2O21. The number of nitrogens with zero attached hydrogens (tertiary/aromatic N) is 1. The van der Waals surface area contributed by atoms with E-state index in [4.69, 9.17) is 48.9 Å². The number of rotatable bonds is 17. The molecule has 4 aliphatic heterocycles. The fourth-order valence-corrected chi connectivity index (χ4v) is 5.88. The van der Waals surface area contributed by atoms with Crippen LogP contribution in [0.3, 0.4) is 0 Å². The number of hydrogen-bond acceptors (Lipinski definition) is 21. The first-order valence-corrected chi connectivity index (χ1v) is 17.9. The molecule has 14 atom stereocenters. The van der Waals surface area contributed by atoms with E-state index in [1.807, 2.05) is 0 Å². The summed E-state index contributed by atoms with van der Waals surface area (Å²) in [6.07, 6.45) is -17.5. The first-order valence-electron chi connectivity index (χ1n) is 17.9. The molecule has 9 unspecified atom stereocenters. The van der Waals surface area contributed by atoms with Crippen LogP contribution in [0, 0.1) is 0 Å². The molecular weight excluding hydrogens is 748 g/mol. The van der Waals surface area contributed by atoms with Gasteiger partial charge in [-0.3, -0.25) is 14.4 Å². The molecule has 0 radical (unpaired) electrons.